The van der Waals surface area contributed by atoms with Gasteiger partial charge < -0.3 is 0 Å². The Morgan fingerprint density at radius 2 is 2.42 bits per heavy atom. The fourth-order valence-corrected chi connectivity index (χ4v) is 1.10. The van der Waals surface area contributed by atoms with Crippen molar-refractivity contribution in [3.8, 4) is 0 Å². The van der Waals surface area contributed by atoms with Crippen LogP contribution in [-0.2, 0) is 0 Å². The lowest BCUT2D eigenvalue weighted by Crippen LogP contribution is -2.09. The SMILES string of the molecule is CCC(=O)c1nnnn1C1CC1. The predicted molar refractivity (Wildman–Crippen MR) is 40.7 cm³/mol. The quantitative estimate of drug-likeness (QED) is 0.617. The minimum Gasteiger partial charge on any atom is -0.291 e. The molecule has 5 heteroatoms. The fraction of sp³-hybridized carbons (Fsp3) is 0.714. The highest BCUT2D eigenvalue weighted by atomic mass is 16.1. The number of nitrogens with zero attached hydrogens (tertiary/aromatic N) is 4. The molecule has 0 aromatic carbocycles. The van der Waals surface area contributed by atoms with Gasteiger partial charge in [-0.2, -0.15) is 0 Å². The zero-order valence-corrected chi connectivity index (χ0v) is 6.90. The molecule has 1 heterocycles. The molecule has 0 aliphatic heterocycles. The van der Waals surface area contributed by atoms with E-state index in [0.717, 1.165) is 12.8 Å². The number of carbonyl (C=O) groups excluding carboxylic acids is 1. The van der Waals surface area contributed by atoms with Crippen LogP contribution >= 0.6 is 0 Å². The van der Waals surface area contributed by atoms with Gasteiger partial charge in [0.05, 0.1) is 6.04 Å². The lowest BCUT2D eigenvalue weighted by Gasteiger charge is -1.97. The molecule has 0 atom stereocenters. The van der Waals surface area contributed by atoms with Gasteiger partial charge in [0.25, 0.3) is 0 Å². The van der Waals surface area contributed by atoms with Crippen LogP contribution in [0.15, 0.2) is 0 Å². The maximum absolute atomic E-state index is 11.3. The lowest BCUT2D eigenvalue weighted by molar-refractivity contribution is 0.0972. The van der Waals surface area contributed by atoms with E-state index in [0.29, 0.717) is 18.3 Å². The van der Waals surface area contributed by atoms with Gasteiger partial charge in [-0.3, -0.25) is 4.79 Å². The summed E-state index contributed by atoms with van der Waals surface area (Å²) in [4.78, 5) is 11.3. The van der Waals surface area contributed by atoms with Gasteiger partial charge in [-0.1, -0.05) is 6.92 Å². The van der Waals surface area contributed by atoms with E-state index in [1.165, 1.54) is 0 Å². The molecule has 1 aromatic heterocycles. The Hall–Kier alpha value is -1.26. The van der Waals surface area contributed by atoms with E-state index in [1.54, 1.807) is 4.68 Å². The highest BCUT2D eigenvalue weighted by Gasteiger charge is 2.29. The third-order valence-electron chi connectivity index (χ3n) is 1.96. The van der Waals surface area contributed by atoms with Crippen LogP contribution in [0.1, 0.15) is 42.8 Å². The predicted octanol–water partition coefficient (Wildman–Crippen LogP) is 0.601. The van der Waals surface area contributed by atoms with E-state index in [-0.39, 0.29) is 5.78 Å². The molecule has 64 valence electrons. The van der Waals surface area contributed by atoms with Crippen molar-refractivity contribution < 1.29 is 4.79 Å². The molecule has 1 fully saturated rings. The zero-order chi connectivity index (χ0) is 8.55. The Balaban J connectivity index is 2.29. The minimum atomic E-state index is 0.0203. The summed E-state index contributed by atoms with van der Waals surface area (Å²) >= 11 is 0. The second-order valence-corrected chi connectivity index (χ2v) is 2.95. The maximum atomic E-state index is 11.3. The Morgan fingerprint density at radius 1 is 1.67 bits per heavy atom. The molecule has 0 amide bonds. The van der Waals surface area contributed by atoms with Crippen LogP contribution < -0.4 is 0 Å². The molecule has 0 unspecified atom stereocenters. The minimum absolute atomic E-state index is 0.0203. The molecule has 5 nitrogen and oxygen atoms in total. The molecule has 1 saturated carbocycles. The molecular weight excluding hydrogens is 156 g/mol. The number of Topliss-reactive ketones (excluding diaryl/α,β-unsaturated/α-hetero) is 1. The van der Waals surface area contributed by atoms with Crippen molar-refractivity contribution in [3.05, 3.63) is 5.82 Å². The Kier molecular flexibility index (Phi) is 1.64. The van der Waals surface area contributed by atoms with Gasteiger partial charge in [0.15, 0.2) is 0 Å². The van der Waals surface area contributed by atoms with Crippen molar-refractivity contribution in [1.82, 2.24) is 20.2 Å². The van der Waals surface area contributed by atoms with Gasteiger partial charge in [0, 0.05) is 6.42 Å². The molecule has 1 aromatic rings. The van der Waals surface area contributed by atoms with Crippen LogP contribution in [0.4, 0.5) is 0 Å². The number of aromatic nitrogens is 4. The molecule has 0 saturated heterocycles. The maximum Gasteiger partial charge on any atom is 0.218 e. The summed E-state index contributed by atoms with van der Waals surface area (Å²) in [6, 6.07) is 0.380. The summed E-state index contributed by atoms with van der Waals surface area (Å²) in [5, 5.41) is 11.0. The first-order valence-corrected chi connectivity index (χ1v) is 4.14. The number of hydrogen-bond donors (Lipinski definition) is 0. The number of carbonyl (C=O) groups is 1. The van der Waals surface area contributed by atoms with Gasteiger partial charge in [-0.25, -0.2) is 4.68 Å². The van der Waals surface area contributed by atoms with Crippen molar-refractivity contribution in [2.75, 3.05) is 0 Å². The third kappa shape index (κ3) is 1.11. The molecule has 1 aliphatic rings. The van der Waals surface area contributed by atoms with E-state index >= 15 is 0 Å². The molecule has 0 radical (unpaired) electrons. The molecular formula is C7H10N4O. The van der Waals surface area contributed by atoms with Crippen LogP contribution in [0.2, 0.25) is 0 Å². The number of rotatable bonds is 3. The highest BCUT2D eigenvalue weighted by Crippen LogP contribution is 2.34. The second kappa shape index (κ2) is 2.66. The van der Waals surface area contributed by atoms with E-state index in [2.05, 4.69) is 15.5 Å². The molecule has 2 rings (SSSR count). The number of hydrogen-bond acceptors (Lipinski definition) is 4. The van der Waals surface area contributed by atoms with Gasteiger partial charge in [0.1, 0.15) is 0 Å². The van der Waals surface area contributed by atoms with Gasteiger partial charge in [-0.05, 0) is 23.3 Å². The second-order valence-electron chi connectivity index (χ2n) is 2.95. The first-order valence-electron chi connectivity index (χ1n) is 4.14. The largest absolute Gasteiger partial charge is 0.291 e. The third-order valence-corrected chi connectivity index (χ3v) is 1.96. The monoisotopic (exact) mass is 166 g/mol. The Bertz CT molecular complexity index is 302. The van der Waals surface area contributed by atoms with Crippen LogP contribution in [0.25, 0.3) is 0 Å². The Morgan fingerprint density at radius 3 is 3.00 bits per heavy atom. The van der Waals surface area contributed by atoms with Crippen LogP contribution in [0.5, 0.6) is 0 Å². The van der Waals surface area contributed by atoms with Crippen molar-refractivity contribution in [1.29, 1.82) is 0 Å². The molecule has 0 N–H and O–H groups in total. The van der Waals surface area contributed by atoms with Crippen molar-refractivity contribution in [2.45, 2.75) is 32.2 Å². The fourth-order valence-electron chi connectivity index (χ4n) is 1.10. The van der Waals surface area contributed by atoms with Gasteiger partial charge in [0.2, 0.25) is 11.6 Å². The topological polar surface area (TPSA) is 60.7 Å². The van der Waals surface area contributed by atoms with Crippen LogP contribution in [0.3, 0.4) is 0 Å². The highest BCUT2D eigenvalue weighted by molar-refractivity contribution is 5.92. The van der Waals surface area contributed by atoms with Gasteiger partial charge >= 0.3 is 0 Å². The first-order chi connectivity index (χ1) is 5.83. The zero-order valence-electron chi connectivity index (χ0n) is 6.90. The van der Waals surface area contributed by atoms with Crippen molar-refractivity contribution >= 4 is 5.78 Å². The average molecular weight is 166 g/mol. The van der Waals surface area contributed by atoms with E-state index < -0.39 is 0 Å². The number of tetrazole rings is 1. The normalized spacial score (nSPS) is 16.4. The van der Waals surface area contributed by atoms with E-state index in [1.807, 2.05) is 6.92 Å². The first kappa shape index (κ1) is 7.39. The molecule has 12 heavy (non-hydrogen) atoms. The summed E-state index contributed by atoms with van der Waals surface area (Å²) in [6.45, 7) is 1.81. The standard InChI is InChI=1S/C7H10N4O/c1-2-6(12)7-8-9-10-11(7)5-3-4-5/h5H,2-4H2,1H3. The molecule has 0 spiro atoms. The van der Waals surface area contributed by atoms with Crippen LogP contribution in [-0.4, -0.2) is 26.0 Å². The van der Waals surface area contributed by atoms with Crippen molar-refractivity contribution in [2.24, 2.45) is 0 Å². The molecule has 0 bridgehead atoms. The summed E-state index contributed by atoms with van der Waals surface area (Å²) in [5.41, 5.74) is 0. The number of ketones is 1. The van der Waals surface area contributed by atoms with Crippen molar-refractivity contribution in [3.63, 3.8) is 0 Å². The molecule has 1 aliphatic carbocycles. The van der Waals surface area contributed by atoms with Crippen LogP contribution in [0, 0.1) is 0 Å². The summed E-state index contributed by atoms with van der Waals surface area (Å²) < 4.78 is 1.64. The summed E-state index contributed by atoms with van der Waals surface area (Å²) in [5.74, 6) is 0.437. The Labute approximate surface area is 69.8 Å². The summed E-state index contributed by atoms with van der Waals surface area (Å²) in [7, 11) is 0. The smallest absolute Gasteiger partial charge is 0.218 e. The average Bonchev–Trinajstić information content (AvgIpc) is 2.83. The van der Waals surface area contributed by atoms with Gasteiger partial charge in [-0.15, -0.1) is 5.10 Å². The summed E-state index contributed by atoms with van der Waals surface area (Å²) in [6.07, 6.45) is 2.65. The lowest BCUT2D eigenvalue weighted by atomic mass is 10.3. The van der Waals surface area contributed by atoms with E-state index in [9.17, 15) is 4.79 Å². The van der Waals surface area contributed by atoms with E-state index in [4.69, 9.17) is 0 Å².